The first-order chi connectivity index (χ1) is 8.66. The maximum absolute atomic E-state index is 12.2. The number of carbonyl (C=O) groups excluding carboxylic acids is 1. The number of alkyl halides is 1. The number of piperidine rings is 1. The molecule has 0 spiro atoms. The summed E-state index contributed by atoms with van der Waals surface area (Å²) in [6.45, 7) is 3.01. The summed E-state index contributed by atoms with van der Waals surface area (Å²) < 4.78 is 0. The van der Waals surface area contributed by atoms with E-state index in [0.717, 1.165) is 25.2 Å². The van der Waals surface area contributed by atoms with E-state index in [-0.39, 0.29) is 10.6 Å². The van der Waals surface area contributed by atoms with Crippen LogP contribution in [-0.2, 0) is 0 Å². The summed E-state index contributed by atoms with van der Waals surface area (Å²) in [5.41, 5.74) is 0.721. The summed E-state index contributed by atoms with van der Waals surface area (Å²) in [4.78, 5) is 14.4. The molecule has 0 saturated carbocycles. The molecule has 1 heterocycles. The van der Waals surface area contributed by atoms with Gasteiger partial charge in [0.1, 0.15) is 0 Å². The molecular formula is C14H17BrClNO. The molecule has 18 heavy (non-hydrogen) atoms. The molecule has 0 aliphatic carbocycles. The van der Waals surface area contributed by atoms with Crippen molar-refractivity contribution in [2.24, 2.45) is 0 Å². The molecule has 2 nitrogen and oxygen atoms in total. The van der Waals surface area contributed by atoms with Gasteiger partial charge in [-0.3, -0.25) is 4.79 Å². The van der Waals surface area contributed by atoms with E-state index in [2.05, 4.69) is 20.8 Å². The van der Waals surface area contributed by atoms with Crippen LogP contribution in [0.2, 0.25) is 5.02 Å². The topological polar surface area (TPSA) is 20.3 Å². The number of likely N-dealkylation sites (tertiary alicyclic amines) is 1. The van der Waals surface area contributed by atoms with E-state index in [1.807, 2.05) is 0 Å². The third-order valence-corrected chi connectivity index (χ3v) is 4.24. The molecule has 4 heteroatoms. The molecule has 0 N–H and O–H groups in total. The quantitative estimate of drug-likeness (QED) is 0.618. The van der Waals surface area contributed by atoms with E-state index in [4.69, 9.17) is 11.6 Å². The van der Waals surface area contributed by atoms with Crippen molar-refractivity contribution < 1.29 is 4.79 Å². The SMILES string of the molecule is O=C(c1ccc(Cl)cc1)[C@@H](Br)CN1CCCCC1. The van der Waals surface area contributed by atoms with Crippen molar-refractivity contribution >= 4 is 33.3 Å². The van der Waals surface area contributed by atoms with E-state index in [1.165, 1.54) is 19.3 Å². The lowest BCUT2D eigenvalue weighted by atomic mass is 10.1. The fraction of sp³-hybridized carbons (Fsp3) is 0.500. The molecule has 1 fully saturated rings. The van der Waals surface area contributed by atoms with Crippen LogP contribution in [-0.4, -0.2) is 35.1 Å². The normalized spacial score (nSPS) is 18.6. The molecule has 1 aromatic rings. The lowest BCUT2D eigenvalue weighted by Gasteiger charge is -2.27. The van der Waals surface area contributed by atoms with Crippen LogP contribution in [0.5, 0.6) is 0 Å². The zero-order valence-corrected chi connectivity index (χ0v) is 12.6. The summed E-state index contributed by atoms with van der Waals surface area (Å²) in [5, 5.41) is 0.661. The third-order valence-electron chi connectivity index (χ3n) is 3.28. The van der Waals surface area contributed by atoms with Crippen LogP contribution in [0.25, 0.3) is 0 Å². The molecule has 0 aromatic heterocycles. The Labute approximate surface area is 121 Å². The summed E-state index contributed by atoms with van der Waals surface area (Å²) >= 11 is 9.33. The number of nitrogens with zero attached hydrogens (tertiary/aromatic N) is 1. The van der Waals surface area contributed by atoms with Crippen molar-refractivity contribution in [1.29, 1.82) is 0 Å². The average molecular weight is 331 g/mol. The average Bonchev–Trinajstić information content (AvgIpc) is 2.40. The molecule has 1 aromatic carbocycles. The van der Waals surface area contributed by atoms with Crippen molar-refractivity contribution in [1.82, 2.24) is 4.90 Å². The van der Waals surface area contributed by atoms with Gasteiger partial charge < -0.3 is 4.90 Å². The van der Waals surface area contributed by atoms with Crippen LogP contribution in [0.1, 0.15) is 29.6 Å². The highest BCUT2D eigenvalue weighted by molar-refractivity contribution is 9.10. The Morgan fingerprint density at radius 2 is 1.83 bits per heavy atom. The number of hydrogen-bond acceptors (Lipinski definition) is 2. The Hall–Kier alpha value is -0.380. The molecule has 98 valence electrons. The molecule has 0 unspecified atom stereocenters. The molecule has 1 aliphatic heterocycles. The fourth-order valence-corrected chi connectivity index (χ4v) is 3.05. The molecule has 2 rings (SSSR count). The van der Waals surface area contributed by atoms with Crippen LogP contribution in [0.4, 0.5) is 0 Å². The van der Waals surface area contributed by atoms with Crippen LogP contribution in [0.3, 0.4) is 0 Å². The van der Waals surface area contributed by atoms with Gasteiger partial charge in [-0.1, -0.05) is 34.0 Å². The van der Waals surface area contributed by atoms with Gasteiger partial charge in [0, 0.05) is 17.1 Å². The number of benzene rings is 1. The van der Waals surface area contributed by atoms with Crippen LogP contribution in [0, 0.1) is 0 Å². The second kappa shape index (κ2) is 6.69. The highest BCUT2D eigenvalue weighted by Crippen LogP contribution is 2.17. The number of hydrogen-bond donors (Lipinski definition) is 0. The summed E-state index contributed by atoms with van der Waals surface area (Å²) in [7, 11) is 0. The van der Waals surface area contributed by atoms with Gasteiger partial charge in [-0.2, -0.15) is 0 Å². The zero-order valence-electron chi connectivity index (χ0n) is 10.2. The largest absolute Gasteiger partial charge is 0.302 e. The maximum Gasteiger partial charge on any atom is 0.177 e. The highest BCUT2D eigenvalue weighted by Gasteiger charge is 2.21. The minimum absolute atomic E-state index is 0.128. The van der Waals surface area contributed by atoms with Crippen molar-refractivity contribution in [3.05, 3.63) is 34.9 Å². The first-order valence-corrected chi connectivity index (χ1v) is 7.62. The molecule has 1 aliphatic rings. The number of Topliss-reactive ketones (excluding diaryl/α,β-unsaturated/α-hetero) is 1. The van der Waals surface area contributed by atoms with E-state index in [1.54, 1.807) is 24.3 Å². The van der Waals surface area contributed by atoms with Gasteiger partial charge in [0.15, 0.2) is 5.78 Å². The smallest absolute Gasteiger partial charge is 0.177 e. The van der Waals surface area contributed by atoms with Gasteiger partial charge in [0.2, 0.25) is 0 Å². The monoisotopic (exact) mass is 329 g/mol. The second-order valence-electron chi connectivity index (χ2n) is 4.70. The Bertz CT molecular complexity index is 401. The van der Waals surface area contributed by atoms with Gasteiger partial charge in [-0.25, -0.2) is 0 Å². The molecule has 1 saturated heterocycles. The maximum atomic E-state index is 12.2. The molecular weight excluding hydrogens is 314 g/mol. The summed E-state index contributed by atoms with van der Waals surface area (Å²) in [6, 6.07) is 7.09. The number of ketones is 1. The fourth-order valence-electron chi connectivity index (χ4n) is 2.25. The van der Waals surface area contributed by atoms with Crippen LogP contribution >= 0.6 is 27.5 Å². The summed E-state index contributed by atoms with van der Waals surface area (Å²) in [6.07, 6.45) is 3.80. The first kappa shape index (κ1) is 14.0. The Morgan fingerprint density at radius 1 is 1.22 bits per heavy atom. The van der Waals surface area contributed by atoms with Gasteiger partial charge in [0.25, 0.3) is 0 Å². The molecule has 0 bridgehead atoms. The molecule has 1 atom stereocenters. The van der Waals surface area contributed by atoms with Gasteiger partial charge in [-0.15, -0.1) is 0 Å². The Morgan fingerprint density at radius 3 is 2.44 bits per heavy atom. The van der Waals surface area contributed by atoms with Crippen molar-refractivity contribution in [3.8, 4) is 0 Å². The van der Waals surface area contributed by atoms with Crippen LogP contribution in [0.15, 0.2) is 24.3 Å². The van der Waals surface area contributed by atoms with Crippen molar-refractivity contribution in [2.75, 3.05) is 19.6 Å². The lowest BCUT2D eigenvalue weighted by Crippen LogP contribution is -2.37. The standard InChI is InChI=1S/C14H17BrClNO/c15-13(10-17-8-2-1-3-9-17)14(18)11-4-6-12(16)7-5-11/h4-7,13H,1-3,8-10H2/t13-/m0/s1. The third kappa shape index (κ3) is 3.81. The second-order valence-corrected chi connectivity index (χ2v) is 6.24. The van der Waals surface area contributed by atoms with E-state index in [9.17, 15) is 4.79 Å². The molecule has 0 radical (unpaired) electrons. The van der Waals surface area contributed by atoms with Crippen LogP contribution < -0.4 is 0 Å². The van der Waals surface area contributed by atoms with Gasteiger partial charge in [-0.05, 0) is 50.2 Å². The number of rotatable bonds is 4. The van der Waals surface area contributed by atoms with Gasteiger partial charge >= 0.3 is 0 Å². The Kier molecular flexibility index (Phi) is 5.22. The predicted octanol–water partition coefficient (Wildman–Crippen LogP) is 3.77. The number of carbonyl (C=O) groups is 1. The summed E-state index contributed by atoms with van der Waals surface area (Å²) in [5.74, 6) is 0.136. The number of halogens is 2. The van der Waals surface area contributed by atoms with E-state index >= 15 is 0 Å². The van der Waals surface area contributed by atoms with E-state index in [0.29, 0.717) is 5.02 Å². The van der Waals surface area contributed by atoms with Crippen molar-refractivity contribution in [2.45, 2.75) is 24.1 Å². The lowest BCUT2D eigenvalue weighted by molar-refractivity contribution is 0.0970. The van der Waals surface area contributed by atoms with E-state index < -0.39 is 0 Å². The highest BCUT2D eigenvalue weighted by atomic mass is 79.9. The predicted molar refractivity (Wildman–Crippen MR) is 78.8 cm³/mol. The minimum atomic E-state index is -0.128. The first-order valence-electron chi connectivity index (χ1n) is 6.33. The van der Waals surface area contributed by atoms with Crippen molar-refractivity contribution in [3.63, 3.8) is 0 Å². The minimum Gasteiger partial charge on any atom is -0.302 e. The Balaban J connectivity index is 1.93. The molecule has 0 amide bonds. The van der Waals surface area contributed by atoms with Gasteiger partial charge in [0.05, 0.1) is 4.83 Å². The zero-order chi connectivity index (χ0) is 13.0.